The van der Waals surface area contributed by atoms with E-state index in [-0.39, 0.29) is 42.7 Å². The van der Waals surface area contributed by atoms with E-state index < -0.39 is 17.2 Å². The van der Waals surface area contributed by atoms with E-state index in [2.05, 4.69) is 20.8 Å². The number of rotatable bonds is 9. The second kappa shape index (κ2) is 13.0. The van der Waals surface area contributed by atoms with Crippen molar-refractivity contribution in [3.63, 3.8) is 0 Å². The molecular weight excluding hydrogens is 570 g/mol. The van der Waals surface area contributed by atoms with Crippen molar-refractivity contribution in [3.05, 3.63) is 66.2 Å². The van der Waals surface area contributed by atoms with Gasteiger partial charge in [-0.3, -0.25) is 9.59 Å². The average Bonchev–Trinajstić information content (AvgIpc) is 2.97. The Morgan fingerprint density at radius 1 is 0.956 bits per heavy atom. The maximum atomic E-state index is 13.1. The number of carbonyl (C=O) groups excluding carboxylic acids is 2. The molecule has 0 bridgehead atoms. The number of aromatic nitrogens is 2. The standard InChI is InChI=1S/C35H43N5O5/c1-22(2)40(23(3)41)28-16-10-24(11-17-28)18-31(42)36-30-19-29(25-8-6-5-7-9-25)32(39-38-30)26-12-14-27(15-13-26)35(37-33(43)44)20-34(4,45)21-35/h5-9,12-15,19,22,24,28,37,45H,10-11,16-18,20-21H2,1-4H3,(H,43,44)(H,36,38,42)/t24-,28-,34-,35-. The molecule has 2 aromatic carbocycles. The minimum atomic E-state index is -1.14. The molecular formula is C35H43N5O5. The van der Waals surface area contributed by atoms with Gasteiger partial charge in [-0.2, -0.15) is 0 Å². The second-order valence-corrected chi connectivity index (χ2v) is 13.2. The molecule has 2 aliphatic rings. The maximum absolute atomic E-state index is 13.1. The van der Waals surface area contributed by atoms with Crippen LogP contribution in [-0.2, 0) is 15.1 Å². The molecule has 2 fully saturated rings. The number of carboxylic acid groups (broad SMARTS) is 1. The van der Waals surface area contributed by atoms with Gasteiger partial charge < -0.3 is 25.7 Å². The number of amides is 3. The molecule has 238 valence electrons. The fourth-order valence-corrected chi connectivity index (χ4v) is 7.39. The first kappa shape index (κ1) is 32.1. The van der Waals surface area contributed by atoms with Gasteiger partial charge in [0.25, 0.3) is 0 Å². The van der Waals surface area contributed by atoms with Crippen LogP contribution in [0.15, 0.2) is 60.7 Å². The van der Waals surface area contributed by atoms with Crippen LogP contribution in [-0.4, -0.2) is 60.9 Å². The predicted octanol–water partition coefficient (Wildman–Crippen LogP) is 5.96. The number of aliphatic hydroxyl groups is 1. The van der Waals surface area contributed by atoms with Gasteiger partial charge in [0.05, 0.1) is 11.1 Å². The van der Waals surface area contributed by atoms with Crippen molar-refractivity contribution < 1.29 is 24.6 Å². The molecule has 2 saturated carbocycles. The summed E-state index contributed by atoms with van der Waals surface area (Å²) in [6.45, 7) is 7.42. The van der Waals surface area contributed by atoms with Crippen LogP contribution in [0.2, 0.25) is 0 Å². The van der Waals surface area contributed by atoms with E-state index in [0.29, 0.717) is 17.9 Å². The van der Waals surface area contributed by atoms with E-state index in [4.69, 9.17) is 0 Å². The molecule has 1 heterocycles. The summed E-state index contributed by atoms with van der Waals surface area (Å²) in [5.41, 5.74) is 2.12. The molecule has 10 nitrogen and oxygen atoms in total. The molecule has 0 radical (unpaired) electrons. The van der Waals surface area contributed by atoms with Crippen LogP contribution >= 0.6 is 0 Å². The molecule has 5 rings (SSSR count). The molecule has 0 spiro atoms. The van der Waals surface area contributed by atoms with Gasteiger partial charge in [-0.1, -0.05) is 54.6 Å². The summed E-state index contributed by atoms with van der Waals surface area (Å²) in [6, 6.07) is 19.5. The Balaban J connectivity index is 1.31. The van der Waals surface area contributed by atoms with E-state index in [1.807, 2.05) is 79.4 Å². The van der Waals surface area contributed by atoms with Gasteiger partial charge in [-0.25, -0.2) is 4.79 Å². The lowest BCUT2D eigenvalue weighted by Crippen LogP contribution is -2.61. The lowest BCUT2D eigenvalue weighted by Gasteiger charge is -2.51. The smallest absolute Gasteiger partial charge is 0.405 e. The highest BCUT2D eigenvalue weighted by atomic mass is 16.4. The van der Waals surface area contributed by atoms with Gasteiger partial charge in [0.2, 0.25) is 11.8 Å². The van der Waals surface area contributed by atoms with Crippen LogP contribution < -0.4 is 10.6 Å². The van der Waals surface area contributed by atoms with Gasteiger partial charge in [-0.15, -0.1) is 10.2 Å². The number of nitrogens with zero attached hydrogens (tertiary/aromatic N) is 3. The Morgan fingerprint density at radius 3 is 2.16 bits per heavy atom. The molecule has 0 unspecified atom stereocenters. The summed E-state index contributed by atoms with van der Waals surface area (Å²) in [5.74, 6) is 0.616. The highest BCUT2D eigenvalue weighted by molar-refractivity contribution is 5.91. The second-order valence-electron chi connectivity index (χ2n) is 13.2. The average molecular weight is 614 g/mol. The van der Waals surface area contributed by atoms with Crippen LogP contribution in [0.3, 0.4) is 0 Å². The number of hydrogen-bond acceptors (Lipinski definition) is 6. The van der Waals surface area contributed by atoms with Crippen molar-refractivity contribution in [3.8, 4) is 22.4 Å². The molecule has 0 atom stereocenters. The molecule has 2 aliphatic carbocycles. The molecule has 3 aromatic rings. The number of hydrogen-bond donors (Lipinski definition) is 4. The lowest BCUT2D eigenvalue weighted by molar-refractivity contribution is -0.134. The van der Waals surface area contributed by atoms with Crippen molar-refractivity contribution in [1.82, 2.24) is 20.4 Å². The molecule has 45 heavy (non-hydrogen) atoms. The van der Waals surface area contributed by atoms with Gasteiger partial charge in [0.15, 0.2) is 5.82 Å². The van der Waals surface area contributed by atoms with Gasteiger partial charge in [-0.05, 0) is 69.6 Å². The maximum Gasteiger partial charge on any atom is 0.405 e. The van der Waals surface area contributed by atoms with Crippen LogP contribution in [0.1, 0.15) is 78.2 Å². The quantitative estimate of drug-likeness (QED) is 0.233. The fraction of sp³-hybridized carbons (Fsp3) is 0.457. The van der Waals surface area contributed by atoms with Crippen molar-refractivity contribution in [2.75, 3.05) is 5.32 Å². The van der Waals surface area contributed by atoms with E-state index >= 15 is 0 Å². The summed E-state index contributed by atoms with van der Waals surface area (Å²) >= 11 is 0. The van der Waals surface area contributed by atoms with Crippen molar-refractivity contribution in [2.24, 2.45) is 5.92 Å². The Morgan fingerprint density at radius 2 is 1.60 bits per heavy atom. The first-order valence-electron chi connectivity index (χ1n) is 15.7. The van der Waals surface area contributed by atoms with Crippen molar-refractivity contribution >= 4 is 23.7 Å². The third-order valence-corrected chi connectivity index (χ3v) is 9.17. The van der Waals surface area contributed by atoms with Crippen LogP contribution in [0, 0.1) is 5.92 Å². The normalized spacial score (nSPS) is 24.4. The highest BCUT2D eigenvalue weighted by Crippen LogP contribution is 2.48. The van der Waals surface area contributed by atoms with Crippen LogP contribution in [0.4, 0.5) is 10.6 Å². The van der Waals surface area contributed by atoms with Crippen molar-refractivity contribution in [1.29, 1.82) is 0 Å². The summed E-state index contributed by atoms with van der Waals surface area (Å²) < 4.78 is 0. The van der Waals surface area contributed by atoms with E-state index in [9.17, 15) is 24.6 Å². The van der Waals surface area contributed by atoms with Crippen LogP contribution in [0.25, 0.3) is 22.4 Å². The third-order valence-electron chi connectivity index (χ3n) is 9.17. The van der Waals surface area contributed by atoms with Crippen LogP contribution in [0.5, 0.6) is 0 Å². The molecule has 4 N–H and O–H groups in total. The number of carbonyl (C=O) groups is 3. The molecule has 0 aliphatic heterocycles. The molecule has 3 amide bonds. The summed E-state index contributed by atoms with van der Waals surface area (Å²) in [7, 11) is 0. The number of nitrogens with one attached hydrogen (secondary N) is 2. The minimum Gasteiger partial charge on any atom is -0.465 e. The Bertz CT molecular complexity index is 1520. The fourth-order valence-electron chi connectivity index (χ4n) is 7.39. The van der Waals surface area contributed by atoms with E-state index in [1.54, 1.807) is 13.8 Å². The Hall–Kier alpha value is -4.31. The first-order chi connectivity index (χ1) is 21.4. The number of anilines is 1. The Kier molecular flexibility index (Phi) is 9.25. The first-order valence-corrected chi connectivity index (χ1v) is 15.7. The van der Waals surface area contributed by atoms with Gasteiger partial charge in [0.1, 0.15) is 5.69 Å². The highest BCUT2D eigenvalue weighted by Gasteiger charge is 2.53. The SMILES string of the molecule is CC(=O)N(C(C)C)[C@H]1CC[C@H](CC(=O)Nc2cc(-c3ccccc3)c(-c3ccc([C@]4(NC(=O)O)C[C@](C)(O)C4)cc3)nn2)CC1. The van der Waals surface area contributed by atoms with E-state index in [0.717, 1.165) is 47.9 Å². The molecule has 10 heteroatoms. The van der Waals surface area contributed by atoms with E-state index in [1.165, 1.54) is 0 Å². The zero-order valence-corrected chi connectivity index (χ0v) is 26.4. The molecule has 1 aromatic heterocycles. The predicted molar refractivity (Wildman–Crippen MR) is 172 cm³/mol. The summed E-state index contributed by atoms with van der Waals surface area (Å²) in [5, 5.41) is 34.3. The largest absolute Gasteiger partial charge is 0.465 e. The lowest BCUT2D eigenvalue weighted by atomic mass is 9.62. The summed E-state index contributed by atoms with van der Waals surface area (Å²) in [6.07, 6.45) is 3.40. The number of benzene rings is 2. The van der Waals surface area contributed by atoms with Gasteiger partial charge >= 0.3 is 6.09 Å². The zero-order valence-electron chi connectivity index (χ0n) is 26.4. The zero-order chi connectivity index (χ0) is 32.4. The summed E-state index contributed by atoms with van der Waals surface area (Å²) in [4.78, 5) is 38.7. The molecule has 0 saturated heterocycles. The monoisotopic (exact) mass is 613 g/mol. The van der Waals surface area contributed by atoms with Crippen molar-refractivity contribution in [2.45, 2.75) is 95.9 Å². The van der Waals surface area contributed by atoms with Gasteiger partial charge in [0, 0.05) is 49.4 Å². The Labute approximate surface area is 264 Å². The minimum absolute atomic E-state index is 0.102. The topological polar surface area (TPSA) is 145 Å². The third kappa shape index (κ3) is 7.33.